The van der Waals surface area contributed by atoms with E-state index in [1.807, 2.05) is 0 Å². The lowest BCUT2D eigenvalue weighted by Gasteiger charge is -2.08. The Hall–Kier alpha value is -2.45. The van der Waals surface area contributed by atoms with E-state index in [2.05, 4.69) is 4.72 Å². The van der Waals surface area contributed by atoms with Crippen molar-refractivity contribution < 1.29 is 27.1 Å². The molecule has 0 fully saturated rings. The number of benzene rings is 2. The maximum Gasteiger partial charge on any atom is 0.310 e. The highest BCUT2D eigenvalue weighted by Gasteiger charge is 2.15. The third-order valence-electron chi connectivity index (χ3n) is 3.26. The van der Waals surface area contributed by atoms with Crippen LogP contribution in [0.3, 0.4) is 0 Å². The molecule has 26 heavy (non-hydrogen) atoms. The van der Waals surface area contributed by atoms with Crippen LogP contribution in [-0.4, -0.2) is 33.0 Å². The summed E-state index contributed by atoms with van der Waals surface area (Å²) in [5.41, 5.74) is 0.541. The summed E-state index contributed by atoms with van der Waals surface area (Å²) in [6.45, 7) is -0.524. The minimum absolute atomic E-state index is 0.00261. The Morgan fingerprint density at radius 1 is 1.15 bits per heavy atom. The normalized spacial score (nSPS) is 11.0. The van der Waals surface area contributed by atoms with Gasteiger partial charge in [-0.1, -0.05) is 17.7 Å². The molecule has 0 aliphatic carbocycles. The Balaban J connectivity index is 1.93. The number of nitrogens with one attached hydrogen (secondary N) is 1. The second-order valence-electron chi connectivity index (χ2n) is 5.41. The zero-order chi connectivity index (χ0) is 19.3. The van der Waals surface area contributed by atoms with Crippen LogP contribution in [0.4, 0.5) is 10.1 Å². The van der Waals surface area contributed by atoms with Crippen molar-refractivity contribution in [2.75, 3.05) is 17.6 Å². The van der Waals surface area contributed by atoms with Crippen LogP contribution in [0.1, 0.15) is 15.9 Å². The molecule has 2 rings (SSSR count). The lowest BCUT2D eigenvalue weighted by atomic mass is 10.1. The second-order valence-corrected chi connectivity index (χ2v) is 7.57. The SMILES string of the molecule is CS(=O)(=O)Nc1ccc(C(=O)COC(=O)Cc2c(F)cccc2Cl)cc1. The molecular weight excluding hydrogens is 385 g/mol. The fourth-order valence-electron chi connectivity index (χ4n) is 2.06. The average molecular weight is 400 g/mol. The Labute approximate surface area is 155 Å². The Bertz CT molecular complexity index is 908. The maximum atomic E-state index is 13.6. The van der Waals surface area contributed by atoms with Crippen molar-refractivity contribution in [3.63, 3.8) is 0 Å². The summed E-state index contributed by atoms with van der Waals surface area (Å²) in [6, 6.07) is 9.66. The second kappa shape index (κ2) is 8.29. The molecule has 0 aliphatic heterocycles. The number of ketones is 1. The van der Waals surface area contributed by atoms with E-state index in [4.69, 9.17) is 16.3 Å². The van der Waals surface area contributed by atoms with Gasteiger partial charge in [0.05, 0.1) is 12.7 Å². The highest BCUT2D eigenvalue weighted by molar-refractivity contribution is 7.92. The maximum absolute atomic E-state index is 13.6. The highest BCUT2D eigenvalue weighted by atomic mass is 35.5. The smallest absolute Gasteiger partial charge is 0.310 e. The van der Waals surface area contributed by atoms with Crippen molar-refractivity contribution in [2.45, 2.75) is 6.42 Å². The van der Waals surface area contributed by atoms with Crippen LogP contribution in [0.15, 0.2) is 42.5 Å². The molecule has 0 bridgehead atoms. The summed E-state index contributed by atoms with van der Waals surface area (Å²) >= 11 is 5.83. The van der Waals surface area contributed by atoms with E-state index in [9.17, 15) is 22.4 Å². The quantitative estimate of drug-likeness (QED) is 0.571. The van der Waals surface area contributed by atoms with Crippen molar-refractivity contribution >= 4 is 39.1 Å². The first kappa shape index (κ1) is 19.9. The number of halogens is 2. The van der Waals surface area contributed by atoms with Gasteiger partial charge in [-0.05, 0) is 36.4 Å². The number of esters is 1. The van der Waals surface area contributed by atoms with Crippen molar-refractivity contribution in [1.82, 2.24) is 0 Å². The van der Waals surface area contributed by atoms with Gasteiger partial charge < -0.3 is 4.74 Å². The largest absolute Gasteiger partial charge is 0.457 e. The van der Waals surface area contributed by atoms with E-state index < -0.39 is 40.6 Å². The van der Waals surface area contributed by atoms with Crippen LogP contribution >= 0.6 is 11.6 Å². The molecule has 0 saturated carbocycles. The first-order chi connectivity index (χ1) is 12.2. The minimum Gasteiger partial charge on any atom is -0.457 e. The van der Waals surface area contributed by atoms with Crippen molar-refractivity contribution in [3.05, 3.63) is 64.4 Å². The number of carbonyl (C=O) groups excluding carboxylic acids is 2. The van der Waals surface area contributed by atoms with Gasteiger partial charge in [-0.25, -0.2) is 12.8 Å². The molecule has 6 nitrogen and oxygen atoms in total. The molecule has 138 valence electrons. The van der Waals surface area contributed by atoms with Gasteiger partial charge in [0, 0.05) is 21.8 Å². The summed E-state index contributed by atoms with van der Waals surface area (Å²) in [7, 11) is -3.41. The summed E-state index contributed by atoms with van der Waals surface area (Å²) in [5, 5.41) is 0.0993. The molecule has 2 aromatic rings. The fraction of sp³-hybridized carbons (Fsp3) is 0.176. The molecular formula is C17H15ClFNO5S. The number of carbonyl (C=O) groups is 2. The van der Waals surface area contributed by atoms with Crippen LogP contribution in [0, 0.1) is 5.82 Å². The standard InChI is InChI=1S/C17H15ClFNO5S/c1-26(23,24)20-12-7-5-11(6-8-12)16(21)10-25-17(22)9-13-14(18)3-2-4-15(13)19/h2-8,20H,9-10H2,1H3. The van der Waals surface area contributed by atoms with Gasteiger partial charge in [0.25, 0.3) is 0 Å². The molecule has 0 spiro atoms. The lowest BCUT2D eigenvalue weighted by Crippen LogP contribution is -2.16. The van der Waals surface area contributed by atoms with Gasteiger partial charge >= 0.3 is 5.97 Å². The van der Waals surface area contributed by atoms with Crippen LogP contribution < -0.4 is 4.72 Å². The number of ether oxygens (including phenoxy) is 1. The molecule has 0 heterocycles. The van der Waals surface area contributed by atoms with Gasteiger partial charge in [-0.3, -0.25) is 14.3 Å². The predicted molar refractivity (Wildman–Crippen MR) is 95.3 cm³/mol. The molecule has 0 radical (unpaired) electrons. The number of Topliss-reactive ketones (excluding diaryl/α,β-unsaturated/α-hetero) is 1. The number of anilines is 1. The first-order valence-electron chi connectivity index (χ1n) is 7.35. The van der Waals surface area contributed by atoms with E-state index in [0.29, 0.717) is 5.69 Å². The molecule has 0 amide bonds. The summed E-state index contributed by atoms with van der Waals surface area (Å²) in [6.07, 6.45) is 0.614. The predicted octanol–water partition coefficient (Wildman–Crippen LogP) is 2.82. The average Bonchev–Trinajstić information content (AvgIpc) is 2.55. The Kier molecular flexibility index (Phi) is 6.33. The molecule has 9 heteroatoms. The lowest BCUT2D eigenvalue weighted by molar-refractivity contribution is -0.141. The van der Waals surface area contributed by atoms with Gasteiger partial charge in [0.1, 0.15) is 5.82 Å². The Morgan fingerprint density at radius 3 is 2.38 bits per heavy atom. The zero-order valence-electron chi connectivity index (χ0n) is 13.7. The number of hydrogen-bond acceptors (Lipinski definition) is 5. The molecule has 0 saturated heterocycles. The topological polar surface area (TPSA) is 89.5 Å². The fourth-order valence-corrected chi connectivity index (χ4v) is 2.86. The van der Waals surface area contributed by atoms with E-state index in [1.54, 1.807) is 0 Å². The van der Waals surface area contributed by atoms with Crippen LogP contribution in [0.25, 0.3) is 0 Å². The molecule has 1 N–H and O–H groups in total. The highest BCUT2D eigenvalue weighted by Crippen LogP contribution is 2.20. The monoisotopic (exact) mass is 399 g/mol. The first-order valence-corrected chi connectivity index (χ1v) is 9.62. The minimum atomic E-state index is -3.41. The molecule has 0 unspecified atom stereocenters. The van der Waals surface area contributed by atoms with Crippen LogP contribution in [0.2, 0.25) is 5.02 Å². The molecule has 0 aromatic heterocycles. The van der Waals surface area contributed by atoms with E-state index in [-0.39, 0.29) is 16.1 Å². The van der Waals surface area contributed by atoms with Crippen LogP contribution in [0.5, 0.6) is 0 Å². The van der Waals surface area contributed by atoms with Crippen molar-refractivity contribution in [2.24, 2.45) is 0 Å². The van der Waals surface area contributed by atoms with Gasteiger partial charge in [0.2, 0.25) is 10.0 Å². The van der Waals surface area contributed by atoms with Gasteiger partial charge in [0.15, 0.2) is 12.4 Å². The third kappa shape index (κ3) is 5.82. The number of sulfonamides is 1. The summed E-state index contributed by atoms with van der Waals surface area (Å²) in [4.78, 5) is 23.8. The Morgan fingerprint density at radius 2 is 1.81 bits per heavy atom. The van der Waals surface area contributed by atoms with E-state index >= 15 is 0 Å². The number of hydrogen-bond donors (Lipinski definition) is 1. The molecule has 0 atom stereocenters. The summed E-state index contributed by atoms with van der Waals surface area (Å²) < 4.78 is 43.0. The van der Waals surface area contributed by atoms with Crippen molar-refractivity contribution in [1.29, 1.82) is 0 Å². The molecule has 2 aromatic carbocycles. The molecule has 0 aliphatic rings. The number of rotatable bonds is 7. The van der Waals surface area contributed by atoms with Gasteiger partial charge in [-0.2, -0.15) is 0 Å². The van der Waals surface area contributed by atoms with E-state index in [0.717, 1.165) is 6.26 Å². The van der Waals surface area contributed by atoms with E-state index in [1.165, 1.54) is 42.5 Å². The summed E-state index contributed by atoms with van der Waals surface area (Å²) in [5.74, 6) is -1.90. The van der Waals surface area contributed by atoms with Crippen molar-refractivity contribution in [3.8, 4) is 0 Å². The van der Waals surface area contributed by atoms with Gasteiger partial charge in [-0.15, -0.1) is 0 Å². The zero-order valence-corrected chi connectivity index (χ0v) is 15.2. The van der Waals surface area contributed by atoms with Crippen LogP contribution in [-0.2, 0) is 26.0 Å². The third-order valence-corrected chi connectivity index (χ3v) is 4.22.